The molecule has 0 unspecified atom stereocenters. The van der Waals surface area contributed by atoms with Crippen LogP contribution in [0.25, 0.3) is 0 Å². The normalized spacial score (nSPS) is 25.9. The fourth-order valence-corrected chi connectivity index (χ4v) is 4.27. The Balaban J connectivity index is 1.28. The molecule has 3 fully saturated rings. The van der Waals surface area contributed by atoms with Gasteiger partial charge in [0.1, 0.15) is 5.69 Å². The second-order valence-corrected chi connectivity index (χ2v) is 7.90. The molecule has 1 saturated heterocycles. The van der Waals surface area contributed by atoms with Gasteiger partial charge in [-0.15, -0.1) is 0 Å². The van der Waals surface area contributed by atoms with Crippen LogP contribution >= 0.6 is 0 Å². The number of nitrogens with zero attached hydrogens (tertiary/aromatic N) is 2. The number of amides is 2. The van der Waals surface area contributed by atoms with Crippen molar-refractivity contribution in [2.24, 2.45) is 11.3 Å². The first-order valence-electron chi connectivity index (χ1n) is 9.16. The zero-order valence-electron chi connectivity index (χ0n) is 14.3. The molecule has 1 aromatic heterocycles. The summed E-state index contributed by atoms with van der Waals surface area (Å²) in [4.78, 5) is 33.8. The summed E-state index contributed by atoms with van der Waals surface area (Å²) in [6.07, 6.45) is 9.63. The molecule has 1 aliphatic heterocycles. The smallest absolute Gasteiger partial charge is 0.274 e. The van der Waals surface area contributed by atoms with E-state index in [1.54, 1.807) is 11.2 Å². The number of likely N-dealkylation sites (tertiary alicyclic amines) is 1. The first-order chi connectivity index (χ1) is 11.6. The Morgan fingerprint density at radius 1 is 1.25 bits per heavy atom. The summed E-state index contributed by atoms with van der Waals surface area (Å²) in [6.45, 7) is 3.13. The van der Waals surface area contributed by atoms with Gasteiger partial charge >= 0.3 is 0 Å². The van der Waals surface area contributed by atoms with Crippen LogP contribution in [0.2, 0.25) is 0 Å². The highest BCUT2D eigenvalue weighted by Crippen LogP contribution is 2.57. The van der Waals surface area contributed by atoms with Gasteiger partial charge in [-0.25, -0.2) is 4.98 Å². The first kappa shape index (κ1) is 15.7. The topological polar surface area (TPSA) is 78.1 Å². The SMILES string of the molecule is Cc1[nH]cnc1C(=O)N1CC[C@@H](NC(=O)C2CCC3(CC2)CC3)C1. The van der Waals surface area contributed by atoms with Crippen LogP contribution < -0.4 is 5.32 Å². The van der Waals surface area contributed by atoms with Crippen molar-refractivity contribution in [3.8, 4) is 0 Å². The second kappa shape index (κ2) is 5.90. The van der Waals surface area contributed by atoms with Gasteiger partial charge in [-0.1, -0.05) is 0 Å². The number of imidazole rings is 1. The van der Waals surface area contributed by atoms with E-state index in [2.05, 4.69) is 15.3 Å². The standard InChI is InChI=1S/C18H26N4O2/c1-12-15(20-11-19-12)17(24)22-9-4-14(10-22)21-16(23)13-2-5-18(6-3-13)7-8-18/h11,13-14H,2-10H2,1H3,(H,19,20)(H,21,23)/t14-/m1/s1. The van der Waals surface area contributed by atoms with Crippen LogP contribution in [0.5, 0.6) is 0 Å². The van der Waals surface area contributed by atoms with Gasteiger partial charge in [0.15, 0.2) is 0 Å². The molecule has 24 heavy (non-hydrogen) atoms. The van der Waals surface area contributed by atoms with E-state index < -0.39 is 0 Å². The third-order valence-electron chi connectivity index (χ3n) is 6.23. The molecule has 1 atom stereocenters. The Bertz CT molecular complexity index is 639. The summed E-state index contributed by atoms with van der Waals surface area (Å²) in [5.74, 6) is 0.328. The number of nitrogens with one attached hydrogen (secondary N) is 2. The predicted molar refractivity (Wildman–Crippen MR) is 89.4 cm³/mol. The number of rotatable bonds is 3. The van der Waals surface area contributed by atoms with Gasteiger partial charge in [-0.3, -0.25) is 9.59 Å². The summed E-state index contributed by atoms with van der Waals surface area (Å²) in [5.41, 5.74) is 1.90. The van der Waals surface area contributed by atoms with Crippen LogP contribution in [0.4, 0.5) is 0 Å². The minimum Gasteiger partial charge on any atom is -0.351 e. The molecule has 2 amide bonds. The van der Waals surface area contributed by atoms with Gasteiger partial charge in [-0.05, 0) is 57.3 Å². The quantitative estimate of drug-likeness (QED) is 0.890. The second-order valence-electron chi connectivity index (χ2n) is 7.90. The Hall–Kier alpha value is -1.85. The van der Waals surface area contributed by atoms with Gasteiger partial charge in [0.05, 0.1) is 6.33 Å². The minimum atomic E-state index is -0.0427. The summed E-state index contributed by atoms with van der Waals surface area (Å²) >= 11 is 0. The number of aromatic amines is 1. The summed E-state index contributed by atoms with van der Waals surface area (Å²) < 4.78 is 0. The van der Waals surface area contributed by atoms with Crippen LogP contribution in [0.1, 0.15) is 61.1 Å². The lowest BCUT2D eigenvalue weighted by molar-refractivity contribution is -0.127. The molecule has 6 heteroatoms. The van der Waals surface area contributed by atoms with Crippen LogP contribution in [-0.2, 0) is 4.79 Å². The van der Waals surface area contributed by atoms with E-state index in [-0.39, 0.29) is 23.8 Å². The largest absolute Gasteiger partial charge is 0.351 e. The van der Waals surface area contributed by atoms with E-state index in [0.717, 1.165) is 25.0 Å². The van der Waals surface area contributed by atoms with Gasteiger partial charge in [0, 0.05) is 30.7 Å². The molecule has 1 aromatic rings. The van der Waals surface area contributed by atoms with Crippen molar-refractivity contribution in [2.45, 2.75) is 57.9 Å². The Labute approximate surface area is 142 Å². The minimum absolute atomic E-state index is 0.0427. The highest BCUT2D eigenvalue weighted by Gasteiger charge is 2.46. The molecule has 130 valence electrons. The van der Waals surface area contributed by atoms with Crippen molar-refractivity contribution >= 4 is 11.8 Å². The maximum absolute atomic E-state index is 12.5. The lowest BCUT2D eigenvalue weighted by Gasteiger charge is -2.28. The molecule has 0 radical (unpaired) electrons. The molecule has 1 spiro atoms. The lowest BCUT2D eigenvalue weighted by Crippen LogP contribution is -2.42. The summed E-state index contributed by atoms with van der Waals surface area (Å²) in [5, 5.41) is 3.18. The van der Waals surface area contributed by atoms with E-state index in [1.807, 2.05) is 6.92 Å². The van der Waals surface area contributed by atoms with Crippen LogP contribution in [0.3, 0.4) is 0 Å². The highest BCUT2D eigenvalue weighted by molar-refractivity contribution is 5.93. The third kappa shape index (κ3) is 2.94. The molecule has 0 aromatic carbocycles. The number of aromatic nitrogens is 2. The number of carbonyl (C=O) groups is 2. The van der Waals surface area contributed by atoms with Crippen molar-refractivity contribution in [2.75, 3.05) is 13.1 Å². The monoisotopic (exact) mass is 330 g/mol. The maximum atomic E-state index is 12.5. The Morgan fingerprint density at radius 3 is 2.62 bits per heavy atom. The van der Waals surface area contributed by atoms with Crippen LogP contribution in [0.15, 0.2) is 6.33 Å². The molecule has 3 aliphatic rings. The van der Waals surface area contributed by atoms with E-state index in [1.165, 1.54) is 25.7 Å². The predicted octanol–water partition coefficient (Wildman–Crippen LogP) is 2.02. The van der Waals surface area contributed by atoms with Crippen molar-refractivity contribution in [1.29, 1.82) is 0 Å². The molecule has 2 aliphatic carbocycles. The average molecular weight is 330 g/mol. The maximum Gasteiger partial charge on any atom is 0.274 e. The molecule has 4 rings (SSSR count). The van der Waals surface area contributed by atoms with Gasteiger partial charge < -0.3 is 15.2 Å². The Kier molecular flexibility index (Phi) is 3.85. The fraction of sp³-hybridized carbons (Fsp3) is 0.722. The number of H-pyrrole nitrogens is 1. The zero-order chi connectivity index (χ0) is 16.7. The fourth-order valence-electron chi connectivity index (χ4n) is 4.27. The van der Waals surface area contributed by atoms with Gasteiger partial charge in [-0.2, -0.15) is 0 Å². The average Bonchev–Trinajstić information content (AvgIpc) is 2.99. The first-order valence-corrected chi connectivity index (χ1v) is 9.16. The molecule has 0 bridgehead atoms. The molecular formula is C18H26N4O2. The highest BCUT2D eigenvalue weighted by atomic mass is 16.2. The van der Waals surface area contributed by atoms with Gasteiger partial charge in [0.25, 0.3) is 5.91 Å². The van der Waals surface area contributed by atoms with E-state index >= 15 is 0 Å². The molecule has 2 heterocycles. The lowest BCUT2D eigenvalue weighted by atomic mass is 9.79. The van der Waals surface area contributed by atoms with E-state index in [4.69, 9.17) is 0 Å². The molecule has 2 saturated carbocycles. The van der Waals surface area contributed by atoms with Gasteiger partial charge in [0.2, 0.25) is 5.91 Å². The molecule has 2 N–H and O–H groups in total. The van der Waals surface area contributed by atoms with E-state index in [0.29, 0.717) is 24.2 Å². The number of hydrogen-bond donors (Lipinski definition) is 2. The zero-order valence-corrected chi connectivity index (χ0v) is 14.3. The molecular weight excluding hydrogens is 304 g/mol. The Morgan fingerprint density at radius 2 is 2.00 bits per heavy atom. The van der Waals surface area contributed by atoms with Crippen LogP contribution in [-0.4, -0.2) is 45.8 Å². The number of hydrogen-bond acceptors (Lipinski definition) is 3. The van der Waals surface area contributed by atoms with Crippen molar-refractivity contribution < 1.29 is 9.59 Å². The van der Waals surface area contributed by atoms with E-state index in [9.17, 15) is 9.59 Å². The summed E-state index contributed by atoms with van der Waals surface area (Å²) in [6, 6.07) is 0.0810. The van der Waals surface area contributed by atoms with Crippen LogP contribution in [0, 0.1) is 18.3 Å². The number of carbonyl (C=O) groups excluding carboxylic acids is 2. The summed E-state index contributed by atoms with van der Waals surface area (Å²) in [7, 11) is 0. The number of aryl methyl sites for hydroxylation is 1. The van der Waals surface area contributed by atoms with Crippen molar-refractivity contribution in [3.05, 3.63) is 17.7 Å². The third-order valence-corrected chi connectivity index (χ3v) is 6.23. The molecule has 6 nitrogen and oxygen atoms in total. The van der Waals surface area contributed by atoms with Crippen molar-refractivity contribution in [1.82, 2.24) is 20.2 Å². The van der Waals surface area contributed by atoms with Crippen molar-refractivity contribution in [3.63, 3.8) is 0 Å².